The highest BCUT2D eigenvalue weighted by Gasteiger charge is 2.19. The van der Waals surface area contributed by atoms with Gasteiger partial charge in [-0.05, 0) is 18.9 Å². The number of fused-ring (bicyclic) bond motifs is 1. The Morgan fingerprint density at radius 1 is 1.56 bits per heavy atom. The molecule has 1 heteroatoms. The maximum atomic E-state index is 3.37. The van der Waals surface area contributed by atoms with Gasteiger partial charge in [0.05, 0.1) is 0 Å². The molecule has 0 aromatic rings. The Bertz CT molecular complexity index is 167. The molecule has 1 aliphatic heterocycles. The molecule has 0 saturated carbocycles. The quantitative estimate of drug-likeness (QED) is 0.511. The molecule has 48 valence electrons. The predicted molar refractivity (Wildman–Crippen MR) is 37.9 cm³/mol. The van der Waals surface area contributed by atoms with Gasteiger partial charge in [0.2, 0.25) is 0 Å². The van der Waals surface area contributed by atoms with Crippen molar-refractivity contribution in [3.63, 3.8) is 0 Å². The van der Waals surface area contributed by atoms with Crippen molar-refractivity contribution in [3.05, 3.63) is 23.9 Å². The molecule has 1 atom stereocenters. The van der Waals surface area contributed by atoms with Gasteiger partial charge in [-0.25, -0.2) is 0 Å². The van der Waals surface area contributed by atoms with Crippen LogP contribution in [0, 0.1) is 5.92 Å². The van der Waals surface area contributed by atoms with Gasteiger partial charge in [0.15, 0.2) is 0 Å². The summed E-state index contributed by atoms with van der Waals surface area (Å²) in [4.78, 5) is 0. The van der Waals surface area contributed by atoms with E-state index in [1.54, 1.807) is 0 Å². The van der Waals surface area contributed by atoms with E-state index in [0.717, 1.165) is 5.92 Å². The average molecular weight is 121 g/mol. The van der Waals surface area contributed by atoms with Crippen molar-refractivity contribution in [2.24, 2.45) is 5.92 Å². The van der Waals surface area contributed by atoms with Gasteiger partial charge in [0, 0.05) is 18.2 Å². The molecule has 1 aliphatic carbocycles. The highest BCUT2D eigenvalue weighted by Crippen LogP contribution is 2.25. The molecule has 0 aromatic heterocycles. The first-order valence-electron chi connectivity index (χ1n) is 3.57. The summed E-state index contributed by atoms with van der Waals surface area (Å²) in [5.41, 5.74) is 1.46. The lowest BCUT2D eigenvalue weighted by atomic mass is 9.97. The van der Waals surface area contributed by atoms with E-state index in [4.69, 9.17) is 0 Å². The first-order valence-corrected chi connectivity index (χ1v) is 3.57. The monoisotopic (exact) mass is 121 g/mol. The summed E-state index contributed by atoms with van der Waals surface area (Å²) in [6, 6.07) is 0. The molecule has 0 spiro atoms. The SMILES string of the molecule is C1=CCC2CCNC2=C1. The van der Waals surface area contributed by atoms with Crippen LogP contribution in [0.5, 0.6) is 0 Å². The van der Waals surface area contributed by atoms with Crippen LogP contribution in [0.4, 0.5) is 0 Å². The van der Waals surface area contributed by atoms with Crippen LogP contribution in [0.15, 0.2) is 23.9 Å². The van der Waals surface area contributed by atoms with Gasteiger partial charge in [-0.3, -0.25) is 0 Å². The van der Waals surface area contributed by atoms with Crippen molar-refractivity contribution >= 4 is 0 Å². The second-order valence-electron chi connectivity index (χ2n) is 2.70. The summed E-state index contributed by atoms with van der Waals surface area (Å²) >= 11 is 0. The molecule has 0 aromatic carbocycles. The molecule has 0 radical (unpaired) electrons. The Morgan fingerprint density at radius 2 is 2.56 bits per heavy atom. The lowest BCUT2D eigenvalue weighted by Crippen LogP contribution is -2.07. The summed E-state index contributed by atoms with van der Waals surface area (Å²) < 4.78 is 0. The number of nitrogens with one attached hydrogen (secondary N) is 1. The van der Waals surface area contributed by atoms with Crippen molar-refractivity contribution in [1.29, 1.82) is 0 Å². The van der Waals surface area contributed by atoms with Crippen LogP contribution >= 0.6 is 0 Å². The predicted octanol–water partition coefficient (Wildman–Crippen LogP) is 1.44. The first kappa shape index (κ1) is 5.10. The summed E-state index contributed by atoms with van der Waals surface area (Å²) in [7, 11) is 0. The van der Waals surface area contributed by atoms with Crippen molar-refractivity contribution in [2.75, 3.05) is 6.54 Å². The second-order valence-corrected chi connectivity index (χ2v) is 2.70. The van der Waals surface area contributed by atoms with E-state index >= 15 is 0 Å². The standard InChI is InChI=1S/C8H11N/c1-2-4-8-7(3-1)5-6-9-8/h1-2,4,7,9H,3,5-6H2. The summed E-state index contributed by atoms with van der Waals surface area (Å²) in [5.74, 6) is 0.829. The smallest absolute Gasteiger partial charge is 0.0150 e. The van der Waals surface area contributed by atoms with Gasteiger partial charge in [-0.2, -0.15) is 0 Å². The van der Waals surface area contributed by atoms with Crippen LogP contribution in [0.2, 0.25) is 0 Å². The molecule has 2 aliphatic rings. The maximum absolute atomic E-state index is 3.37. The van der Waals surface area contributed by atoms with Gasteiger partial charge in [0.25, 0.3) is 0 Å². The highest BCUT2D eigenvalue weighted by atomic mass is 14.9. The molecular weight excluding hydrogens is 110 g/mol. The third-order valence-electron chi connectivity index (χ3n) is 2.09. The van der Waals surface area contributed by atoms with E-state index in [-0.39, 0.29) is 0 Å². The highest BCUT2D eigenvalue weighted by molar-refractivity contribution is 5.21. The number of allylic oxidation sites excluding steroid dienone is 4. The Labute approximate surface area is 55.5 Å². The fourth-order valence-corrected chi connectivity index (χ4v) is 1.54. The third-order valence-corrected chi connectivity index (χ3v) is 2.09. The molecular formula is C8H11N. The van der Waals surface area contributed by atoms with Gasteiger partial charge < -0.3 is 5.32 Å². The van der Waals surface area contributed by atoms with Crippen molar-refractivity contribution in [3.8, 4) is 0 Å². The largest absolute Gasteiger partial charge is 0.388 e. The summed E-state index contributed by atoms with van der Waals surface area (Å²) in [6.45, 7) is 1.18. The first-order chi connectivity index (χ1) is 4.47. The summed E-state index contributed by atoms with van der Waals surface area (Å²) in [6.07, 6.45) is 9.17. The molecule has 9 heavy (non-hydrogen) atoms. The zero-order chi connectivity index (χ0) is 6.10. The van der Waals surface area contributed by atoms with Crippen LogP contribution < -0.4 is 5.32 Å². The second kappa shape index (κ2) is 1.90. The Kier molecular flexibility index (Phi) is 1.08. The van der Waals surface area contributed by atoms with Crippen molar-refractivity contribution < 1.29 is 0 Å². The molecule has 1 unspecified atom stereocenters. The Morgan fingerprint density at radius 3 is 3.44 bits per heavy atom. The van der Waals surface area contributed by atoms with E-state index in [2.05, 4.69) is 23.5 Å². The van der Waals surface area contributed by atoms with Crippen molar-refractivity contribution in [1.82, 2.24) is 5.32 Å². The van der Waals surface area contributed by atoms with Crippen LogP contribution in [0.1, 0.15) is 12.8 Å². The summed E-state index contributed by atoms with van der Waals surface area (Å²) in [5, 5.41) is 3.37. The van der Waals surface area contributed by atoms with Crippen LogP contribution in [0.3, 0.4) is 0 Å². The number of rotatable bonds is 0. The molecule has 1 nitrogen and oxygen atoms in total. The zero-order valence-electron chi connectivity index (χ0n) is 5.43. The minimum atomic E-state index is 0.829. The number of hydrogen-bond acceptors (Lipinski definition) is 1. The molecule has 2 rings (SSSR count). The van der Waals surface area contributed by atoms with Gasteiger partial charge in [-0.15, -0.1) is 0 Å². The third kappa shape index (κ3) is 0.766. The lowest BCUT2D eigenvalue weighted by molar-refractivity contribution is 0.646. The molecule has 1 heterocycles. The fourth-order valence-electron chi connectivity index (χ4n) is 1.54. The van der Waals surface area contributed by atoms with E-state index in [1.807, 2.05) is 0 Å². The molecule has 1 fully saturated rings. The van der Waals surface area contributed by atoms with Crippen molar-refractivity contribution in [2.45, 2.75) is 12.8 Å². The Hall–Kier alpha value is -0.720. The van der Waals surface area contributed by atoms with Crippen LogP contribution in [-0.4, -0.2) is 6.54 Å². The maximum Gasteiger partial charge on any atom is 0.0150 e. The lowest BCUT2D eigenvalue weighted by Gasteiger charge is -2.10. The van der Waals surface area contributed by atoms with Gasteiger partial charge in [-0.1, -0.05) is 12.2 Å². The van der Waals surface area contributed by atoms with E-state index < -0.39 is 0 Å². The number of hydrogen-bond donors (Lipinski definition) is 1. The fraction of sp³-hybridized carbons (Fsp3) is 0.500. The molecule has 0 amide bonds. The minimum absolute atomic E-state index is 0.829. The molecule has 0 bridgehead atoms. The van der Waals surface area contributed by atoms with E-state index in [9.17, 15) is 0 Å². The topological polar surface area (TPSA) is 12.0 Å². The van der Waals surface area contributed by atoms with E-state index in [1.165, 1.54) is 25.1 Å². The molecule has 1 N–H and O–H groups in total. The van der Waals surface area contributed by atoms with Crippen LogP contribution in [-0.2, 0) is 0 Å². The molecule has 1 saturated heterocycles. The average Bonchev–Trinajstić information content (AvgIpc) is 2.33. The van der Waals surface area contributed by atoms with Crippen LogP contribution in [0.25, 0.3) is 0 Å². The minimum Gasteiger partial charge on any atom is -0.388 e. The van der Waals surface area contributed by atoms with E-state index in [0.29, 0.717) is 0 Å². The van der Waals surface area contributed by atoms with Gasteiger partial charge >= 0.3 is 0 Å². The Balaban J connectivity index is 2.23. The zero-order valence-corrected chi connectivity index (χ0v) is 5.43. The van der Waals surface area contributed by atoms with Gasteiger partial charge in [0.1, 0.15) is 0 Å². The normalized spacial score (nSPS) is 31.1.